The maximum atomic E-state index is 5.66. The lowest BCUT2D eigenvalue weighted by Crippen LogP contribution is -2.27. The van der Waals surface area contributed by atoms with Crippen LogP contribution < -0.4 is 15.3 Å². The van der Waals surface area contributed by atoms with Crippen molar-refractivity contribution in [3.8, 4) is 5.75 Å². The van der Waals surface area contributed by atoms with Gasteiger partial charge >= 0.3 is 0 Å². The Bertz CT molecular complexity index is 887. The first-order chi connectivity index (χ1) is 10.6. The molecule has 2 unspecified atom stereocenters. The molecule has 3 heteroatoms. The molecule has 1 aromatic rings. The van der Waals surface area contributed by atoms with Gasteiger partial charge in [-0.3, -0.25) is 0 Å². The van der Waals surface area contributed by atoms with E-state index in [-0.39, 0.29) is 6.10 Å². The molecule has 0 amide bonds. The molecule has 1 aliphatic heterocycles. The molecule has 0 aromatic heterocycles. The van der Waals surface area contributed by atoms with Crippen molar-refractivity contribution in [1.82, 2.24) is 0 Å². The summed E-state index contributed by atoms with van der Waals surface area (Å²) < 4.78 is 11.0. The summed E-state index contributed by atoms with van der Waals surface area (Å²) in [7, 11) is 3.48. The monoisotopic (exact) mass is 293 g/mol. The van der Waals surface area contributed by atoms with Crippen molar-refractivity contribution in [2.75, 3.05) is 14.2 Å². The van der Waals surface area contributed by atoms with E-state index in [1.165, 1.54) is 22.3 Å². The van der Waals surface area contributed by atoms with E-state index in [2.05, 4.69) is 32.1 Å². The van der Waals surface area contributed by atoms with Crippen LogP contribution in [0.5, 0.6) is 5.75 Å². The number of nitrogens with zero attached hydrogens (tertiary/aromatic N) is 1. The van der Waals surface area contributed by atoms with Gasteiger partial charge in [-0.05, 0) is 42.3 Å². The summed E-state index contributed by atoms with van der Waals surface area (Å²) in [6.45, 7) is 4.36. The standard InChI is InChI=1S/C19H19NO2/c1-10-7-15-13(11(2)19(10)22-4)9-16-14-8-12(21-3)5-6-17(14)20-18(15)16/h5-9,11,19H,1-4H3. The SMILES string of the molecule is COc1ccc2c(c1)=C1C=C3C(=C1N=2)C=C(C)C(OC)C3C. The summed E-state index contributed by atoms with van der Waals surface area (Å²) in [5.41, 5.74) is 6.16. The molecule has 112 valence electrons. The first-order valence-corrected chi connectivity index (χ1v) is 7.58. The number of rotatable bonds is 2. The number of ether oxygens (including phenoxy) is 2. The Hall–Kier alpha value is -2.13. The van der Waals surface area contributed by atoms with Crippen molar-refractivity contribution in [2.45, 2.75) is 20.0 Å². The van der Waals surface area contributed by atoms with Crippen LogP contribution in [-0.2, 0) is 4.74 Å². The van der Waals surface area contributed by atoms with Crippen LogP contribution in [0.15, 0.2) is 57.8 Å². The fraction of sp³-hybridized carbons (Fsp3) is 0.316. The second-order valence-electron chi connectivity index (χ2n) is 6.10. The van der Waals surface area contributed by atoms with Gasteiger partial charge in [0.05, 0.1) is 24.3 Å². The molecule has 0 N–H and O–H groups in total. The zero-order valence-electron chi connectivity index (χ0n) is 13.3. The molecule has 0 saturated heterocycles. The Morgan fingerprint density at radius 3 is 2.64 bits per heavy atom. The molecular weight excluding hydrogens is 274 g/mol. The fourth-order valence-corrected chi connectivity index (χ4v) is 3.77. The summed E-state index contributed by atoms with van der Waals surface area (Å²) in [4.78, 5) is 4.84. The lowest BCUT2D eigenvalue weighted by atomic mass is 9.81. The van der Waals surface area contributed by atoms with Crippen LogP contribution >= 0.6 is 0 Å². The van der Waals surface area contributed by atoms with Crippen LogP contribution in [0.3, 0.4) is 0 Å². The molecule has 3 aliphatic rings. The molecule has 1 aromatic carbocycles. The number of hydrogen-bond donors (Lipinski definition) is 0. The van der Waals surface area contributed by atoms with E-state index >= 15 is 0 Å². The highest BCUT2D eigenvalue weighted by Gasteiger charge is 2.35. The summed E-state index contributed by atoms with van der Waals surface area (Å²) in [5, 5.41) is 2.19. The third-order valence-electron chi connectivity index (χ3n) is 4.87. The third-order valence-corrected chi connectivity index (χ3v) is 4.87. The minimum Gasteiger partial charge on any atom is -0.497 e. The van der Waals surface area contributed by atoms with E-state index in [0.717, 1.165) is 22.0 Å². The van der Waals surface area contributed by atoms with Gasteiger partial charge in [-0.15, -0.1) is 0 Å². The lowest BCUT2D eigenvalue weighted by Gasteiger charge is -2.30. The van der Waals surface area contributed by atoms with Gasteiger partial charge in [-0.1, -0.05) is 13.0 Å². The molecule has 0 bridgehead atoms. The summed E-state index contributed by atoms with van der Waals surface area (Å²) >= 11 is 0. The first-order valence-electron chi connectivity index (χ1n) is 7.58. The van der Waals surface area contributed by atoms with Gasteiger partial charge in [0.25, 0.3) is 0 Å². The van der Waals surface area contributed by atoms with Crippen LogP contribution in [0.1, 0.15) is 13.8 Å². The summed E-state index contributed by atoms with van der Waals surface area (Å²) in [6.07, 6.45) is 4.66. The van der Waals surface area contributed by atoms with E-state index in [1.807, 2.05) is 12.1 Å². The highest BCUT2D eigenvalue weighted by atomic mass is 16.5. The van der Waals surface area contributed by atoms with Gasteiger partial charge in [-0.2, -0.15) is 0 Å². The van der Waals surface area contributed by atoms with Gasteiger partial charge in [0.1, 0.15) is 5.75 Å². The molecule has 22 heavy (non-hydrogen) atoms. The zero-order chi connectivity index (χ0) is 15.4. The van der Waals surface area contributed by atoms with Gasteiger partial charge in [0, 0.05) is 29.4 Å². The molecule has 4 rings (SSSR count). The molecule has 0 radical (unpaired) electrons. The highest BCUT2D eigenvalue weighted by molar-refractivity contribution is 5.85. The quantitative estimate of drug-likeness (QED) is 0.837. The topological polar surface area (TPSA) is 30.8 Å². The normalized spacial score (nSPS) is 25.2. The molecule has 1 heterocycles. The number of hydrogen-bond acceptors (Lipinski definition) is 3. The Kier molecular flexibility index (Phi) is 2.88. The fourth-order valence-electron chi connectivity index (χ4n) is 3.77. The second kappa shape index (κ2) is 4.68. The van der Waals surface area contributed by atoms with E-state index in [4.69, 9.17) is 14.5 Å². The maximum Gasteiger partial charge on any atom is 0.119 e. The van der Waals surface area contributed by atoms with E-state index in [1.54, 1.807) is 14.2 Å². The van der Waals surface area contributed by atoms with Crippen molar-refractivity contribution in [3.05, 3.63) is 63.3 Å². The van der Waals surface area contributed by atoms with E-state index in [9.17, 15) is 0 Å². The van der Waals surface area contributed by atoms with Crippen molar-refractivity contribution in [3.63, 3.8) is 0 Å². The predicted molar refractivity (Wildman–Crippen MR) is 86.0 cm³/mol. The van der Waals surface area contributed by atoms with Crippen LogP contribution in [-0.4, -0.2) is 20.3 Å². The number of fused-ring (bicyclic) bond motifs is 3. The van der Waals surface area contributed by atoms with Gasteiger partial charge in [0.2, 0.25) is 0 Å². The van der Waals surface area contributed by atoms with Crippen molar-refractivity contribution < 1.29 is 9.47 Å². The van der Waals surface area contributed by atoms with Crippen LogP contribution in [0, 0.1) is 5.92 Å². The molecule has 0 fully saturated rings. The van der Waals surface area contributed by atoms with E-state index < -0.39 is 0 Å². The van der Waals surface area contributed by atoms with Crippen LogP contribution in [0.4, 0.5) is 0 Å². The largest absolute Gasteiger partial charge is 0.497 e. The first kappa shape index (κ1) is 13.5. The Balaban J connectivity index is 1.98. The van der Waals surface area contributed by atoms with E-state index in [0.29, 0.717) is 5.92 Å². The summed E-state index contributed by atoms with van der Waals surface area (Å²) in [6, 6.07) is 6.07. The average molecular weight is 293 g/mol. The molecule has 3 nitrogen and oxygen atoms in total. The van der Waals surface area contributed by atoms with Crippen LogP contribution in [0.25, 0.3) is 5.57 Å². The van der Waals surface area contributed by atoms with Crippen molar-refractivity contribution in [2.24, 2.45) is 10.9 Å². The van der Waals surface area contributed by atoms with Crippen LogP contribution in [0.2, 0.25) is 0 Å². The molecular formula is C19H19NO2. The molecule has 0 spiro atoms. The number of allylic oxidation sites excluding steroid dienone is 3. The average Bonchev–Trinajstić information content (AvgIpc) is 3.04. The third kappa shape index (κ3) is 1.69. The van der Waals surface area contributed by atoms with Crippen molar-refractivity contribution in [1.29, 1.82) is 0 Å². The smallest absolute Gasteiger partial charge is 0.119 e. The lowest BCUT2D eigenvalue weighted by molar-refractivity contribution is 0.0982. The zero-order valence-corrected chi connectivity index (χ0v) is 13.3. The molecule has 2 atom stereocenters. The van der Waals surface area contributed by atoms with Gasteiger partial charge in [0.15, 0.2) is 0 Å². The van der Waals surface area contributed by atoms with Crippen molar-refractivity contribution >= 4 is 5.57 Å². The minimum absolute atomic E-state index is 0.153. The molecule has 0 saturated carbocycles. The Morgan fingerprint density at radius 1 is 1.09 bits per heavy atom. The van der Waals surface area contributed by atoms with Gasteiger partial charge in [-0.25, -0.2) is 4.99 Å². The minimum atomic E-state index is 0.153. The predicted octanol–water partition coefficient (Wildman–Crippen LogP) is 2.28. The highest BCUT2D eigenvalue weighted by Crippen LogP contribution is 2.43. The molecule has 2 aliphatic carbocycles. The van der Waals surface area contributed by atoms with Gasteiger partial charge < -0.3 is 9.47 Å². The number of benzene rings is 1. The Morgan fingerprint density at radius 2 is 1.91 bits per heavy atom. The second-order valence-corrected chi connectivity index (χ2v) is 6.10. The Labute approximate surface area is 130 Å². The number of methoxy groups -OCH3 is 2. The summed E-state index contributed by atoms with van der Waals surface area (Å²) in [5.74, 6) is 1.22. The maximum absolute atomic E-state index is 5.66.